The number of carbonyl (C=O) groups is 1. The van der Waals surface area contributed by atoms with E-state index in [-0.39, 0.29) is 12.1 Å². The van der Waals surface area contributed by atoms with Crippen LogP contribution in [0.2, 0.25) is 0 Å². The molecular formula is C15H24N2OS. The van der Waals surface area contributed by atoms with E-state index in [0.717, 1.165) is 13.0 Å². The Morgan fingerprint density at radius 2 is 2.11 bits per heavy atom. The lowest BCUT2D eigenvalue weighted by Gasteiger charge is -2.23. The molecule has 0 spiro atoms. The standard InChI is InChI=1S/C15H24N2OS/c1-2-3-4-5-6-7-9-17-14(18)11-16-15(17)13-8-10-19-12-13/h8,10,12,15-16H,2-7,9,11H2,1H3. The normalized spacial score (nSPS) is 19.3. The molecule has 3 nitrogen and oxygen atoms in total. The van der Waals surface area contributed by atoms with E-state index in [0.29, 0.717) is 6.54 Å². The van der Waals surface area contributed by atoms with Crippen molar-refractivity contribution in [1.82, 2.24) is 10.2 Å². The molecule has 1 unspecified atom stereocenters. The predicted molar refractivity (Wildman–Crippen MR) is 80.2 cm³/mol. The highest BCUT2D eigenvalue weighted by Gasteiger charge is 2.30. The second-order valence-electron chi connectivity index (χ2n) is 5.20. The summed E-state index contributed by atoms with van der Waals surface area (Å²) in [6.45, 7) is 3.61. The Balaban J connectivity index is 1.75. The van der Waals surface area contributed by atoms with Crippen LogP contribution >= 0.6 is 11.3 Å². The summed E-state index contributed by atoms with van der Waals surface area (Å²) in [5.74, 6) is 0.241. The van der Waals surface area contributed by atoms with Gasteiger partial charge >= 0.3 is 0 Å². The Morgan fingerprint density at radius 3 is 2.84 bits per heavy atom. The molecule has 0 radical (unpaired) electrons. The smallest absolute Gasteiger partial charge is 0.238 e. The summed E-state index contributed by atoms with van der Waals surface area (Å²) in [5, 5.41) is 7.50. The van der Waals surface area contributed by atoms with Gasteiger partial charge in [0.05, 0.1) is 6.54 Å². The lowest BCUT2D eigenvalue weighted by atomic mass is 10.1. The third-order valence-electron chi connectivity index (χ3n) is 3.69. The number of rotatable bonds is 8. The molecule has 1 aromatic rings. The number of carbonyl (C=O) groups excluding carboxylic acids is 1. The van der Waals surface area contributed by atoms with Crippen molar-refractivity contribution < 1.29 is 4.79 Å². The number of nitrogens with zero attached hydrogens (tertiary/aromatic N) is 1. The first-order valence-corrected chi connectivity index (χ1v) is 8.32. The van der Waals surface area contributed by atoms with Crippen molar-refractivity contribution in [2.24, 2.45) is 0 Å². The van der Waals surface area contributed by atoms with Crippen LogP contribution in [0.4, 0.5) is 0 Å². The van der Waals surface area contributed by atoms with Crippen molar-refractivity contribution in [2.75, 3.05) is 13.1 Å². The fourth-order valence-corrected chi connectivity index (χ4v) is 3.26. The van der Waals surface area contributed by atoms with E-state index in [9.17, 15) is 4.79 Å². The van der Waals surface area contributed by atoms with Gasteiger partial charge in [0.1, 0.15) is 6.17 Å². The Labute approximate surface area is 120 Å². The topological polar surface area (TPSA) is 32.3 Å². The second kappa shape index (κ2) is 7.65. The van der Waals surface area contributed by atoms with Crippen LogP contribution in [0, 0.1) is 0 Å². The average molecular weight is 280 g/mol. The molecule has 106 valence electrons. The molecule has 1 aromatic heterocycles. The van der Waals surface area contributed by atoms with Crippen molar-refractivity contribution in [3.8, 4) is 0 Å². The van der Waals surface area contributed by atoms with Gasteiger partial charge in [0.2, 0.25) is 5.91 Å². The molecule has 4 heteroatoms. The molecule has 1 amide bonds. The summed E-state index contributed by atoms with van der Waals surface area (Å²) < 4.78 is 0. The van der Waals surface area contributed by atoms with Crippen LogP contribution in [0.5, 0.6) is 0 Å². The molecule has 19 heavy (non-hydrogen) atoms. The van der Waals surface area contributed by atoms with Crippen LogP contribution in [0.1, 0.15) is 57.2 Å². The van der Waals surface area contributed by atoms with Crippen molar-refractivity contribution >= 4 is 17.2 Å². The maximum atomic E-state index is 11.9. The largest absolute Gasteiger partial charge is 0.322 e. The third-order valence-corrected chi connectivity index (χ3v) is 4.39. The number of unbranched alkanes of at least 4 members (excludes halogenated alkanes) is 5. The van der Waals surface area contributed by atoms with E-state index in [1.807, 2.05) is 4.90 Å². The van der Waals surface area contributed by atoms with E-state index in [2.05, 4.69) is 29.1 Å². The number of thiophene rings is 1. The molecule has 2 heterocycles. The van der Waals surface area contributed by atoms with Gasteiger partial charge in [-0.1, -0.05) is 39.0 Å². The van der Waals surface area contributed by atoms with E-state index < -0.39 is 0 Å². The number of amides is 1. The molecule has 0 aromatic carbocycles. The van der Waals surface area contributed by atoms with Crippen molar-refractivity contribution in [1.29, 1.82) is 0 Å². The highest BCUT2D eigenvalue weighted by molar-refractivity contribution is 7.07. The number of hydrogen-bond donors (Lipinski definition) is 1. The van der Waals surface area contributed by atoms with E-state index in [4.69, 9.17) is 0 Å². The van der Waals surface area contributed by atoms with Crippen LogP contribution in [-0.2, 0) is 4.79 Å². The molecular weight excluding hydrogens is 256 g/mol. The molecule has 0 aliphatic carbocycles. The number of nitrogens with one attached hydrogen (secondary N) is 1. The molecule has 2 rings (SSSR count). The van der Waals surface area contributed by atoms with E-state index >= 15 is 0 Å². The lowest BCUT2D eigenvalue weighted by Crippen LogP contribution is -2.30. The van der Waals surface area contributed by atoms with Gasteiger partial charge in [-0.25, -0.2) is 0 Å². The second-order valence-corrected chi connectivity index (χ2v) is 5.98. The van der Waals surface area contributed by atoms with Gasteiger partial charge < -0.3 is 4.90 Å². The molecule has 0 bridgehead atoms. The molecule has 0 saturated carbocycles. The minimum Gasteiger partial charge on any atom is -0.322 e. The van der Waals surface area contributed by atoms with Crippen molar-refractivity contribution in [3.63, 3.8) is 0 Å². The zero-order valence-corrected chi connectivity index (χ0v) is 12.5. The van der Waals surface area contributed by atoms with Gasteiger partial charge in [-0.3, -0.25) is 10.1 Å². The van der Waals surface area contributed by atoms with Gasteiger partial charge in [0.25, 0.3) is 0 Å². The van der Waals surface area contributed by atoms with Crippen molar-refractivity contribution in [3.05, 3.63) is 22.4 Å². The number of hydrogen-bond acceptors (Lipinski definition) is 3. The summed E-state index contributed by atoms with van der Waals surface area (Å²) in [6, 6.07) is 2.11. The van der Waals surface area contributed by atoms with Crippen LogP contribution in [0.25, 0.3) is 0 Å². The fourth-order valence-electron chi connectivity index (χ4n) is 2.58. The lowest BCUT2D eigenvalue weighted by molar-refractivity contribution is -0.128. The van der Waals surface area contributed by atoms with Crippen LogP contribution < -0.4 is 5.32 Å². The van der Waals surface area contributed by atoms with Crippen LogP contribution in [-0.4, -0.2) is 23.9 Å². The Hall–Kier alpha value is -0.870. The molecule has 1 saturated heterocycles. The Kier molecular flexibility index (Phi) is 5.86. The van der Waals surface area contributed by atoms with Crippen molar-refractivity contribution in [2.45, 2.75) is 51.6 Å². The first-order chi connectivity index (χ1) is 9.33. The SMILES string of the molecule is CCCCCCCCN1C(=O)CNC1c1ccsc1. The monoisotopic (exact) mass is 280 g/mol. The molecule has 1 fully saturated rings. The molecule has 1 N–H and O–H groups in total. The minimum atomic E-state index is 0.106. The highest BCUT2D eigenvalue weighted by Crippen LogP contribution is 2.24. The van der Waals surface area contributed by atoms with E-state index in [1.54, 1.807) is 11.3 Å². The molecule has 1 aliphatic heterocycles. The zero-order chi connectivity index (χ0) is 13.5. The summed E-state index contributed by atoms with van der Waals surface area (Å²) in [7, 11) is 0. The third kappa shape index (κ3) is 4.05. The highest BCUT2D eigenvalue weighted by atomic mass is 32.1. The minimum absolute atomic E-state index is 0.106. The summed E-state index contributed by atoms with van der Waals surface area (Å²) in [5.41, 5.74) is 1.22. The summed E-state index contributed by atoms with van der Waals surface area (Å²) in [4.78, 5) is 13.9. The van der Waals surface area contributed by atoms with Crippen LogP contribution in [0.3, 0.4) is 0 Å². The summed E-state index contributed by atoms with van der Waals surface area (Å²) in [6.07, 6.45) is 7.71. The summed E-state index contributed by atoms with van der Waals surface area (Å²) >= 11 is 1.69. The average Bonchev–Trinajstić information content (AvgIpc) is 3.04. The Bertz CT molecular complexity index is 378. The van der Waals surface area contributed by atoms with Crippen LogP contribution in [0.15, 0.2) is 16.8 Å². The molecule has 1 atom stereocenters. The van der Waals surface area contributed by atoms with E-state index in [1.165, 1.54) is 37.7 Å². The van der Waals surface area contributed by atoms with Gasteiger partial charge in [0, 0.05) is 6.54 Å². The zero-order valence-electron chi connectivity index (χ0n) is 11.7. The van der Waals surface area contributed by atoms with Gasteiger partial charge in [-0.2, -0.15) is 11.3 Å². The maximum Gasteiger partial charge on any atom is 0.238 e. The Morgan fingerprint density at radius 1 is 1.32 bits per heavy atom. The first kappa shape index (κ1) is 14.5. The van der Waals surface area contributed by atoms with Gasteiger partial charge in [-0.15, -0.1) is 0 Å². The predicted octanol–water partition coefficient (Wildman–Crippen LogP) is 3.54. The van der Waals surface area contributed by atoms with Gasteiger partial charge in [0.15, 0.2) is 0 Å². The first-order valence-electron chi connectivity index (χ1n) is 7.38. The maximum absolute atomic E-state index is 11.9. The molecule has 1 aliphatic rings. The quantitative estimate of drug-likeness (QED) is 0.739. The fraction of sp³-hybridized carbons (Fsp3) is 0.667. The van der Waals surface area contributed by atoms with Gasteiger partial charge in [-0.05, 0) is 28.8 Å².